The zero-order chi connectivity index (χ0) is 10.2. The van der Waals surface area contributed by atoms with Crippen LogP contribution >= 0.6 is 0 Å². The minimum absolute atomic E-state index is 0.201. The first-order valence-corrected chi connectivity index (χ1v) is 4.16. The number of hydrogen-bond donors (Lipinski definition) is 2. The molecule has 0 spiro atoms. The van der Waals surface area contributed by atoms with E-state index >= 15 is 0 Å². The van der Waals surface area contributed by atoms with Crippen LogP contribution in [0.3, 0.4) is 0 Å². The minimum atomic E-state index is -0.436. The Morgan fingerprint density at radius 3 is 1.85 bits per heavy atom. The van der Waals surface area contributed by atoms with Crippen molar-refractivity contribution in [3.8, 4) is 0 Å². The van der Waals surface area contributed by atoms with E-state index in [1.807, 2.05) is 20.8 Å². The second kappa shape index (κ2) is 2.87. The van der Waals surface area contributed by atoms with E-state index in [1.54, 1.807) is 7.05 Å². The van der Waals surface area contributed by atoms with E-state index in [2.05, 4.69) is 10.6 Å². The lowest BCUT2D eigenvalue weighted by Gasteiger charge is -2.24. The lowest BCUT2D eigenvalue weighted by molar-refractivity contribution is 0.632. The molecule has 0 atom stereocenters. The van der Waals surface area contributed by atoms with Gasteiger partial charge in [0.1, 0.15) is 11.4 Å². The molecule has 0 saturated heterocycles. The molecule has 0 heterocycles. The van der Waals surface area contributed by atoms with Gasteiger partial charge in [0, 0.05) is 12.6 Å². The predicted molar refractivity (Wildman–Crippen MR) is 54.3 cm³/mol. The zero-order valence-corrected chi connectivity index (χ0v) is 8.32. The van der Waals surface area contributed by atoms with Crippen molar-refractivity contribution in [3.05, 3.63) is 20.4 Å². The average molecular weight is 182 g/mol. The van der Waals surface area contributed by atoms with Gasteiger partial charge in [-0.25, -0.2) is 0 Å². The molecule has 4 nitrogen and oxygen atoms in total. The molecule has 0 bridgehead atoms. The quantitative estimate of drug-likeness (QED) is 0.655. The SMILES string of the molecule is CNc1c(NC(C)(C)C)c(=O)c1=O. The van der Waals surface area contributed by atoms with Crippen LogP contribution in [0.5, 0.6) is 0 Å². The summed E-state index contributed by atoms with van der Waals surface area (Å²) in [6, 6.07) is 0. The topological polar surface area (TPSA) is 58.2 Å². The summed E-state index contributed by atoms with van der Waals surface area (Å²) in [6.45, 7) is 5.80. The van der Waals surface area contributed by atoms with Crippen LogP contribution in [0.25, 0.3) is 0 Å². The van der Waals surface area contributed by atoms with Crippen LogP contribution in [0.4, 0.5) is 11.4 Å². The molecule has 13 heavy (non-hydrogen) atoms. The van der Waals surface area contributed by atoms with Gasteiger partial charge in [0.05, 0.1) is 0 Å². The molecule has 0 aromatic heterocycles. The van der Waals surface area contributed by atoms with Gasteiger partial charge in [-0.05, 0) is 20.8 Å². The molecule has 1 aromatic rings. The number of hydrogen-bond acceptors (Lipinski definition) is 4. The summed E-state index contributed by atoms with van der Waals surface area (Å²) in [4.78, 5) is 22.1. The van der Waals surface area contributed by atoms with Gasteiger partial charge in [-0.1, -0.05) is 0 Å². The van der Waals surface area contributed by atoms with Gasteiger partial charge in [-0.15, -0.1) is 0 Å². The van der Waals surface area contributed by atoms with E-state index in [4.69, 9.17) is 0 Å². The molecule has 1 aromatic carbocycles. The molecule has 0 fully saturated rings. The molecular weight excluding hydrogens is 168 g/mol. The number of anilines is 2. The number of rotatable bonds is 2. The molecule has 0 aliphatic heterocycles. The molecule has 2 N–H and O–H groups in total. The highest BCUT2D eigenvalue weighted by molar-refractivity contribution is 5.74. The monoisotopic (exact) mass is 182 g/mol. The van der Waals surface area contributed by atoms with Gasteiger partial charge in [0.15, 0.2) is 0 Å². The van der Waals surface area contributed by atoms with E-state index in [1.165, 1.54) is 0 Å². The van der Waals surface area contributed by atoms with Crippen LogP contribution < -0.4 is 21.5 Å². The molecule has 0 saturated carbocycles. The highest BCUT2D eigenvalue weighted by Gasteiger charge is 2.23. The molecule has 0 amide bonds. The van der Waals surface area contributed by atoms with Gasteiger partial charge in [0.2, 0.25) is 0 Å². The summed E-state index contributed by atoms with van der Waals surface area (Å²) in [5.41, 5.74) is -0.276. The Kier molecular flexibility index (Phi) is 2.15. The molecular formula is C9H14N2O2. The van der Waals surface area contributed by atoms with Crippen molar-refractivity contribution >= 4 is 11.4 Å². The largest absolute Gasteiger partial charge is 0.383 e. The fraction of sp³-hybridized carbons (Fsp3) is 0.556. The first-order chi connectivity index (χ1) is 5.87. The van der Waals surface area contributed by atoms with Crippen molar-refractivity contribution in [2.75, 3.05) is 17.7 Å². The van der Waals surface area contributed by atoms with Crippen molar-refractivity contribution in [2.45, 2.75) is 26.3 Å². The Hall–Kier alpha value is -1.32. The van der Waals surface area contributed by atoms with Gasteiger partial charge < -0.3 is 10.6 Å². The van der Waals surface area contributed by atoms with Crippen molar-refractivity contribution in [2.24, 2.45) is 0 Å². The van der Waals surface area contributed by atoms with Crippen LogP contribution in [-0.2, 0) is 0 Å². The predicted octanol–water partition coefficient (Wildman–Crippen LogP) is 0.535. The van der Waals surface area contributed by atoms with Gasteiger partial charge in [-0.2, -0.15) is 0 Å². The highest BCUT2D eigenvalue weighted by atomic mass is 16.2. The number of nitrogens with one attached hydrogen (secondary N) is 2. The summed E-state index contributed by atoms with van der Waals surface area (Å²) >= 11 is 0. The minimum Gasteiger partial charge on any atom is -0.383 e. The third-order valence-corrected chi connectivity index (χ3v) is 1.66. The lowest BCUT2D eigenvalue weighted by Crippen LogP contribution is -2.41. The van der Waals surface area contributed by atoms with E-state index in [0.717, 1.165) is 0 Å². The molecule has 0 unspecified atom stereocenters. The van der Waals surface area contributed by atoms with Crippen molar-refractivity contribution in [1.29, 1.82) is 0 Å². The van der Waals surface area contributed by atoms with Crippen LogP contribution in [-0.4, -0.2) is 12.6 Å². The summed E-state index contributed by atoms with van der Waals surface area (Å²) in [5, 5.41) is 5.68. The second-order valence-corrected chi connectivity index (χ2v) is 4.03. The summed E-state index contributed by atoms with van der Waals surface area (Å²) in [5.74, 6) is 0. The first kappa shape index (κ1) is 9.77. The second-order valence-electron chi connectivity index (χ2n) is 4.03. The van der Waals surface area contributed by atoms with E-state index < -0.39 is 10.9 Å². The van der Waals surface area contributed by atoms with Crippen molar-refractivity contribution in [1.82, 2.24) is 0 Å². The van der Waals surface area contributed by atoms with Gasteiger partial charge >= 0.3 is 0 Å². The van der Waals surface area contributed by atoms with Crippen molar-refractivity contribution < 1.29 is 0 Å². The van der Waals surface area contributed by atoms with E-state index in [-0.39, 0.29) is 5.54 Å². The summed E-state index contributed by atoms with van der Waals surface area (Å²) in [7, 11) is 1.63. The maximum Gasteiger partial charge on any atom is 0.253 e. The standard InChI is InChI=1S/C9H14N2O2/c1-9(2,3)11-6-5(10-4)7(12)8(6)13/h10-11H,1-4H3. The Morgan fingerprint density at radius 1 is 1.00 bits per heavy atom. The third-order valence-electron chi connectivity index (χ3n) is 1.66. The molecule has 0 aliphatic carbocycles. The van der Waals surface area contributed by atoms with Crippen LogP contribution in [0.2, 0.25) is 0 Å². The van der Waals surface area contributed by atoms with Gasteiger partial charge in [-0.3, -0.25) is 9.59 Å². The maximum atomic E-state index is 11.1. The molecule has 4 heteroatoms. The highest BCUT2D eigenvalue weighted by Crippen LogP contribution is 2.18. The smallest absolute Gasteiger partial charge is 0.253 e. The van der Waals surface area contributed by atoms with Gasteiger partial charge in [0.25, 0.3) is 10.9 Å². The van der Waals surface area contributed by atoms with E-state index in [0.29, 0.717) is 11.4 Å². The Labute approximate surface area is 76.7 Å². The normalized spacial score (nSPS) is 11.7. The molecule has 0 radical (unpaired) electrons. The Morgan fingerprint density at radius 2 is 1.46 bits per heavy atom. The Balaban J connectivity index is 2.98. The third kappa shape index (κ3) is 1.71. The fourth-order valence-electron chi connectivity index (χ4n) is 1.12. The summed E-state index contributed by atoms with van der Waals surface area (Å²) < 4.78 is 0. The fourth-order valence-corrected chi connectivity index (χ4v) is 1.12. The maximum absolute atomic E-state index is 11.1. The molecule has 0 aliphatic rings. The summed E-state index contributed by atoms with van der Waals surface area (Å²) in [6.07, 6.45) is 0. The zero-order valence-electron chi connectivity index (χ0n) is 8.32. The van der Waals surface area contributed by atoms with Crippen LogP contribution in [0.1, 0.15) is 20.8 Å². The Bertz CT molecular complexity index is 381. The molecule has 72 valence electrons. The lowest BCUT2D eigenvalue weighted by atomic mass is 10.1. The first-order valence-electron chi connectivity index (χ1n) is 4.16. The van der Waals surface area contributed by atoms with Crippen molar-refractivity contribution in [3.63, 3.8) is 0 Å². The molecule has 1 rings (SSSR count). The van der Waals surface area contributed by atoms with Crippen LogP contribution in [0.15, 0.2) is 9.59 Å². The van der Waals surface area contributed by atoms with E-state index in [9.17, 15) is 9.59 Å². The average Bonchev–Trinajstić information content (AvgIpc) is 2.01. The van der Waals surface area contributed by atoms with Crippen LogP contribution in [0, 0.1) is 0 Å².